The third kappa shape index (κ3) is 5.46. The summed E-state index contributed by atoms with van der Waals surface area (Å²) in [6.07, 6.45) is 1.00. The fourth-order valence-corrected chi connectivity index (χ4v) is 2.31. The summed E-state index contributed by atoms with van der Waals surface area (Å²) in [5.74, 6) is -0.173. The molecule has 1 atom stereocenters. The van der Waals surface area contributed by atoms with E-state index in [1.54, 1.807) is 14.0 Å². The number of esters is 1. The summed E-state index contributed by atoms with van der Waals surface area (Å²) in [5.41, 5.74) is 0.917. The number of carbonyl (C=O) groups excluding carboxylic acids is 1. The third-order valence-corrected chi connectivity index (χ3v) is 3.05. The number of nitrogens with zero attached hydrogens (tertiary/aromatic N) is 1. The maximum atomic E-state index is 11.2. The molecule has 0 bridgehead atoms. The van der Waals surface area contributed by atoms with E-state index in [1.807, 2.05) is 12.3 Å². The van der Waals surface area contributed by atoms with Gasteiger partial charge in [0.15, 0.2) is 5.13 Å². The molecular formula is C12H20N2O3S. The van der Waals surface area contributed by atoms with Crippen LogP contribution in [0.25, 0.3) is 0 Å². The number of thiazole rings is 1. The first kappa shape index (κ1) is 14.9. The Kier molecular flexibility index (Phi) is 6.67. The second kappa shape index (κ2) is 8.05. The summed E-state index contributed by atoms with van der Waals surface area (Å²) in [4.78, 5) is 15.6. The molecule has 0 saturated carbocycles. The molecule has 1 N–H and O–H groups in total. The van der Waals surface area contributed by atoms with Gasteiger partial charge in [0.05, 0.1) is 25.3 Å². The van der Waals surface area contributed by atoms with E-state index < -0.39 is 0 Å². The van der Waals surface area contributed by atoms with Crippen molar-refractivity contribution < 1.29 is 14.3 Å². The van der Waals surface area contributed by atoms with Crippen LogP contribution in [0.3, 0.4) is 0 Å². The van der Waals surface area contributed by atoms with Gasteiger partial charge in [-0.2, -0.15) is 0 Å². The second-order valence-electron chi connectivity index (χ2n) is 3.95. The molecule has 5 nitrogen and oxygen atoms in total. The lowest BCUT2D eigenvalue weighted by Crippen LogP contribution is -2.20. The smallest absolute Gasteiger partial charge is 0.306 e. The Morgan fingerprint density at radius 3 is 3.06 bits per heavy atom. The summed E-state index contributed by atoms with van der Waals surface area (Å²) in [6.45, 7) is 4.90. The van der Waals surface area contributed by atoms with Crippen LogP contribution in [0.2, 0.25) is 0 Å². The van der Waals surface area contributed by atoms with Gasteiger partial charge in [-0.25, -0.2) is 4.98 Å². The standard InChI is InChI=1S/C12H20N2O3S/c1-4-17-11(15)6-5-10-8-18-12(14-10)13-9(2)7-16-3/h8-9H,4-7H2,1-3H3,(H,13,14). The SMILES string of the molecule is CCOC(=O)CCc1csc(NC(C)COC)n1. The molecule has 0 aliphatic carbocycles. The van der Waals surface area contributed by atoms with Crippen LogP contribution in [-0.4, -0.2) is 37.3 Å². The summed E-state index contributed by atoms with van der Waals surface area (Å²) in [7, 11) is 1.67. The monoisotopic (exact) mass is 272 g/mol. The van der Waals surface area contributed by atoms with E-state index in [2.05, 4.69) is 10.3 Å². The number of ether oxygens (including phenoxy) is 2. The van der Waals surface area contributed by atoms with Gasteiger partial charge in [0.2, 0.25) is 0 Å². The number of carbonyl (C=O) groups is 1. The molecule has 0 radical (unpaired) electrons. The van der Waals surface area contributed by atoms with Crippen molar-refractivity contribution in [1.82, 2.24) is 4.98 Å². The Labute approximate surface area is 112 Å². The number of methoxy groups -OCH3 is 1. The Bertz CT molecular complexity index is 368. The zero-order valence-electron chi connectivity index (χ0n) is 11.1. The summed E-state index contributed by atoms with van der Waals surface area (Å²) < 4.78 is 9.91. The molecule has 1 aromatic heterocycles. The fourth-order valence-electron chi connectivity index (χ4n) is 1.45. The van der Waals surface area contributed by atoms with Crippen molar-refractivity contribution in [2.24, 2.45) is 0 Å². The molecule has 0 aromatic carbocycles. The van der Waals surface area contributed by atoms with E-state index in [-0.39, 0.29) is 12.0 Å². The summed E-state index contributed by atoms with van der Waals surface area (Å²) in [6, 6.07) is 0.221. The van der Waals surface area contributed by atoms with E-state index in [1.165, 1.54) is 11.3 Å². The molecule has 1 aromatic rings. The lowest BCUT2D eigenvalue weighted by atomic mass is 10.2. The van der Waals surface area contributed by atoms with Gasteiger partial charge in [-0.15, -0.1) is 11.3 Å². The van der Waals surface area contributed by atoms with Crippen molar-refractivity contribution in [3.8, 4) is 0 Å². The van der Waals surface area contributed by atoms with E-state index >= 15 is 0 Å². The minimum atomic E-state index is -0.173. The largest absolute Gasteiger partial charge is 0.466 e. The topological polar surface area (TPSA) is 60.5 Å². The first-order valence-corrected chi connectivity index (χ1v) is 6.89. The second-order valence-corrected chi connectivity index (χ2v) is 4.81. The minimum absolute atomic E-state index is 0.173. The predicted octanol–water partition coefficient (Wildman–Crippen LogP) is 2.09. The van der Waals surface area contributed by atoms with Gasteiger partial charge in [0, 0.05) is 25.0 Å². The van der Waals surface area contributed by atoms with Crippen LogP contribution in [-0.2, 0) is 20.7 Å². The number of anilines is 1. The first-order chi connectivity index (χ1) is 8.65. The number of nitrogens with one attached hydrogen (secondary N) is 1. The molecule has 102 valence electrons. The predicted molar refractivity (Wildman–Crippen MR) is 72.0 cm³/mol. The minimum Gasteiger partial charge on any atom is -0.466 e. The lowest BCUT2D eigenvalue weighted by Gasteiger charge is -2.10. The molecule has 0 aliphatic heterocycles. The Morgan fingerprint density at radius 1 is 1.61 bits per heavy atom. The van der Waals surface area contributed by atoms with Crippen molar-refractivity contribution in [1.29, 1.82) is 0 Å². The highest BCUT2D eigenvalue weighted by atomic mass is 32.1. The van der Waals surface area contributed by atoms with Crippen LogP contribution < -0.4 is 5.32 Å². The average molecular weight is 272 g/mol. The number of aryl methyl sites for hydroxylation is 1. The molecule has 1 rings (SSSR count). The number of hydrogen-bond acceptors (Lipinski definition) is 6. The first-order valence-electron chi connectivity index (χ1n) is 6.01. The number of rotatable bonds is 8. The Morgan fingerprint density at radius 2 is 2.39 bits per heavy atom. The van der Waals surface area contributed by atoms with E-state index in [9.17, 15) is 4.79 Å². The van der Waals surface area contributed by atoms with E-state index in [0.29, 0.717) is 26.1 Å². The molecule has 0 spiro atoms. The van der Waals surface area contributed by atoms with Gasteiger partial charge >= 0.3 is 5.97 Å². The van der Waals surface area contributed by atoms with Crippen molar-refractivity contribution in [2.45, 2.75) is 32.7 Å². The van der Waals surface area contributed by atoms with Gasteiger partial charge in [-0.1, -0.05) is 0 Å². The van der Waals surface area contributed by atoms with Crippen molar-refractivity contribution in [2.75, 3.05) is 25.6 Å². The van der Waals surface area contributed by atoms with Crippen LogP contribution in [0, 0.1) is 0 Å². The van der Waals surface area contributed by atoms with Gasteiger partial charge in [0.1, 0.15) is 0 Å². The highest BCUT2D eigenvalue weighted by Crippen LogP contribution is 2.17. The molecule has 0 aliphatic rings. The number of hydrogen-bond donors (Lipinski definition) is 1. The Balaban J connectivity index is 2.36. The maximum absolute atomic E-state index is 11.2. The summed E-state index contributed by atoms with van der Waals surface area (Å²) in [5, 5.41) is 6.06. The third-order valence-electron chi connectivity index (χ3n) is 2.23. The quantitative estimate of drug-likeness (QED) is 0.734. The van der Waals surface area contributed by atoms with Gasteiger partial charge in [-0.3, -0.25) is 4.79 Å². The number of aromatic nitrogens is 1. The van der Waals surface area contributed by atoms with Gasteiger partial charge in [-0.05, 0) is 13.8 Å². The average Bonchev–Trinajstić information content (AvgIpc) is 2.75. The Hall–Kier alpha value is -1.14. The fraction of sp³-hybridized carbons (Fsp3) is 0.667. The van der Waals surface area contributed by atoms with Gasteiger partial charge < -0.3 is 14.8 Å². The van der Waals surface area contributed by atoms with Crippen molar-refractivity contribution in [3.05, 3.63) is 11.1 Å². The molecule has 0 saturated heterocycles. The van der Waals surface area contributed by atoms with Crippen LogP contribution in [0.1, 0.15) is 26.0 Å². The van der Waals surface area contributed by atoms with Crippen LogP contribution >= 0.6 is 11.3 Å². The van der Waals surface area contributed by atoms with Crippen molar-refractivity contribution >= 4 is 22.4 Å². The molecule has 1 unspecified atom stereocenters. The highest BCUT2D eigenvalue weighted by molar-refractivity contribution is 7.13. The zero-order valence-corrected chi connectivity index (χ0v) is 11.9. The zero-order chi connectivity index (χ0) is 13.4. The molecule has 18 heavy (non-hydrogen) atoms. The van der Waals surface area contributed by atoms with Gasteiger partial charge in [0.25, 0.3) is 0 Å². The molecular weight excluding hydrogens is 252 g/mol. The van der Waals surface area contributed by atoms with E-state index in [4.69, 9.17) is 9.47 Å². The van der Waals surface area contributed by atoms with Crippen molar-refractivity contribution in [3.63, 3.8) is 0 Å². The molecule has 6 heteroatoms. The highest BCUT2D eigenvalue weighted by Gasteiger charge is 2.08. The van der Waals surface area contributed by atoms with Crippen LogP contribution in [0.4, 0.5) is 5.13 Å². The lowest BCUT2D eigenvalue weighted by molar-refractivity contribution is -0.143. The molecule has 0 amide bonds. The molecule has 1 heterocycles. The summed E-state index contributed by atoms with van der Waals surface area (Å²) >= 11 is 1.54. The van der Waals surface area contributed by atoms with Crippen LogP contribution in [0.5, 0.6) is 0 Å². The normalized spacial score (nSPS) is 12.2. The van der Waals surface area contributed by atoms with Crippen LogP contribution in [0.15, 0.2) is 5.38 Å². The molecule has 0 fully saturated rings. The van der Waals surface area contributed by atoms with E-state index in [0.717, 1.165) is 10.8 Å². The maximum Gasteiger partial charge on any atom is 0.306 e.